The highest BCUT2D eigenvalue weighted by molar-refractivity contribution is 6.04. The number of ether oxygens (including phenoxy) is 1. The van der Waals surface area contributed by atoms with E-state index in [9.17, 15) is 19.5 Å². The van der Waals surface area contributed by atoms with Crippen molar-refractivity contribution in [2.45, 2.75) is 19.0 Å². The fourth-order valence-corrected chi connectivity index (χ4v) is 2.12. The lowest BCUT2D eigenvalue weighted by Crippen LogP contribution is -2.57. The molecule has 0 bridgehead atoms. The van der Waals surface area contributed by atoms with Crippen LogP contribution in [-0.2, 0) is 19.1 Å². The first-order valence-corrected chi connectivity index (χ1v) is 5.51. The van der Waals surface area contributed by atoms with Gasteiger partial charge in [-0.2, -0.15) is 0 Å². The number of imide groups is 1. The molecule has 1 N–H and O–H groups in total. The number of rotatable bonds is 3. The van der Waals surface area contributed by atoms with Crippen molar-refractivity contribution in [2.75, 3.05) is 26.3 Å². The second-order valence-electron chi connectivity index (χ2n) is 4.02. The van der Waals surface area contributed by atoms with E-state index in [1.165, 1.54) is 0 Å². The van der Waals surface area contributed by atoms with Crippen molar-refractivity contribution in [1.82, 2.24) is 9.80 Å². The van der Waals surface area contributed by atoms with Gasteiger partial charge in [-0.25, -0.2) is 4.79 Å². The normalized spacial score (nSPS) is 24.1. The number of carboxylic acids is 1. The van der Waals surface area contributed by atoms with Gasteiger partial charge in [-0.3, -0.25) is 19.4 Å². The van der Waals surface area contributed by atoms with Crippen LogP contribution < -0.4 is 0 Å². The quantitative estimate of drug-likeness (QED) is 0.631. The maximum absolute atomic E-state index is 11.6. The Morgan fingerprint density at radius 1 is 1.18 bits per heavy atom. The molecular weight excluding hydrogens is 228 g/mol. The molecule has 2 amide bonds. The minimum atomic E-state index is -1.18. The number of morpholine rings is 1. The van der Waals surface area contributed by atoms with Crippen molar-refractivity contribution in [3.63, 3.8) is 0 Å². The van der Waals surface area contributed by atoms with Gasteiger partial charge in [-0.1, -0.05) is 0 Å². The number of carboxylic acid groups (broad SMARTS) is 1. The molecule has 0 aliphatic carbocycles. The van der Waals surface area contributed by atoms with E-state index in [0.29, 0.717) is 26.3 Å². The predicted molar refractivity (Wildman–Crippen MR) is 54.9 cm³/mol. The third kappa shape index (κ3) is 2.29. The van der Waals surface area contributed by atoms with Gasteiger partial charge in [0, 0.05) is 25.9 Å². The van der Waals surface area contributed by atoms with Crippen molar-refractivity contribution in [3.8, 4) is 0 Å². The van der Waals surface area contributed by atoms with Crippen molar-refractivity contribution in [3.05, 3.63) is 0 Å². The van der Waals surface area contributed by atoms with E-state index in [2.05, 4.69) is 0 Å². The summed E-state index contributed by atoms with van der Waals surface area (Å²) in [5.74, 6) is -1.99. The zero-order chi connectivity index (χ0) is 12.4. The summed E-state index contributed by atoms with van der Waals surface area (Å²) in [6.07, 6.45) is -0.971. The van der Waals surface area contributed by atoms with Crippen molar-refractivity contribution in [2.24, 2.45) is 0 Å². The van der Waals surface area contributed by atoms with Crippen LogP contribution in [0.4, 0.5) is 0 Å². The molecule has 0 aromatic rings. The van der Waals surface area contributed by atoms with Gasteiger partial charge in [-0.15, -0.1) is 0 Å². The summed E-state index contributed by atoms with van der Waals surface area (Å²) in [5.41, 5.74) is 0. The highest BCUT2D eigenvalue weighted by Gasteiger charge is 2.42. The number of hydrogen-bond donors (Lipinski definition) is 1. The lowest BCUT2D eigenvalue weighted by molar-refractivity contribution is -0.165. The summed E-state index contributed by atoms with van der Waals surface area (Å²) in [5, 5.41) is 9.19. The lowest BCUT2D eigenvalue weighted by atomic mass is 10.3. The maximum atomic E-state index is 11.6. The highest BCUT2D eigenvalue weighted by atomic mass is 16.5. The Bertz CT molecular complexity index is 335. The van der Waals surface area contributed by atoms with Gasteiger partial charge in [0.25, 0.3) is 0 Å². The summed E-state index contributed by atoms with van der Waals surface area (Å²) < 4.78 is 5.12. The van der Waals surface area contributed by atoms with Crippen molar-refractivity contribution < 1.29 is 24.2 Å². The lowest BCUT2D eigenvalue weighted by Gasteiger charge is -2.35. The van der Waals surface area contributed by atoms with E-state index in [-0.39, 0.29) is 12.8 Å². The topological polar surface area (TPSA) is 87.2 Å². The Labute approximate surface area is 97.9 Å². The Morgan fingerprint density at radius 2 is 1.71 bits per heavy atom. The standard InChI is InChI=1S/C10H14N2O5/c13-7-1-2-8(14)12(7)9(10(15)16)11-3-5-17-6-4-11/h9H,1-6H2,(H,15,16). The Morgan fingerprint density at radius 3 is 2.18 bits per heavy atom. The number of hydrogen-bond acceptors (Lipinski definition) is 5. The van der Waals surface area contributed by atoms with Crippen LogP contribution >= 0.6 is 0 Å². The zero-order valence-electron chi connectivity index (χ0n) is 9.29. The summed E-state index contributed by atoms with van der Waals surface area (Å²) in [7, 11) is 0. The number of likely N-dealkylation sites (tertiary alicyclic amines) is 1. The molecule has 2 rings (SSSR count). The minimum Gasteiger partial charge on any atom is -0.479 e. The highest BCUT2D eigenvalue weighted by Crippen LogP contribution is 2.19. The molecule has 7 nitrogen and oxygen atoms in total. The molecule has 0 spiro atoms. The molecule has 0 radical (unpaired) electrons. The Kier molecular flexibility index (Phi) is 3.39. The van der Waals surface area contributed by atoms with Crippen molar-refractivity contribution >= 4 is 17.8 Å². The monoisotopic (exact) mass is 242 g/mol. The third-order valence-corrected chi connectivity index (χ3v) is 2.95. The SMILES string of the molecule is O=C(O)C(N1CCOCC1)N1C(=O)CCC1=O. The average molecular weight is 242 g/mol. The van der Waals surface area contributed by atoms with Crippen LogP contribution in [0.25, 0.3) is 0 Å². The third-order valence-electron chi connectivity index (χ3n) is 2.95. The molecule has 2 fully saturated rings. The molecule has 0 aromatic heterocycles. The van der Waals surface area contributed by atoms with E-state index in [1.54, 1.807) is 4.90 Å². The van der Waals surface area contributed by atoms with Gasteiger partial charge >= 0.3 is 5.97 Å². The van der Waals surface area contributed by atoms with Crippen LogP contribution in [0.15, 0.2) is 0 Å². The van der Waals surface area contributed by atoms with Gasteiger partial charge in [-0.05, 0) is 0 Å². The average Bonchev–Trinajstić information content (AvgIpc) is 2.62. The summed E-state index contributed by atoms with van der Waals surface area (Å²) in [6, 6.07) is 0. The van der Waals surface area contributed by atoms with Gasteiger partial charge in [0.05, 0.1) is 13.2 Å². The number of amides is 2. The maximum Gasteiger partial charge on any atom is 0.342 e. The largest absolute Gasteiger partial charge is 0.479 e. The smallest absolute Gasteiger partial charge is 0.342 e. The number of nitrogens with zero attached hydrogens (tertiary/aromatic N) is 2. The van der Waals surface area contributed by atoms with Crippen LogP contribution in [0.1, 0.15) is 12.8 Å². The first kappa shape index (κ1) is 12.0. The number of aliphatic carboxylic acids is 1. The van der Waals surface area contributed by atoms with E-state index in [0.717, 1.165) is 4.90 Å². The molecule has 1 atom stereocenters. The summed E-state index contributed by atoms with van der Waals surface area (Å²) in [4.78, 5) is 36.8. The molecule has 17 heavy (non-hydrogen) atoms. The van der Waals surface area contributed by atoms with Gasteiger partial charge < -0.3 is 9.84 Å². The first-order chi connectivity index (χ1) is 8.11. The van der Waals surface area contributed by atoms with Gasteiger partial charge in [0.2, 0.25) is 11.8 Å². The second-order valence-corrected chi connectivity index (χ2v) is 4.02. The zero-order valence-corrected chi connectivity index (χ0v) is 9.29. The minimum absolute atomic E-state index is 0.104. The molecule has 2 saturated heterocycles. The molecule has 1 unspecified atom stereocenters. The molecule has 0 saturated carbocycles. The first-order valence-electron chi connectivity index (χ1n) is 5.51. The fourth-order valence-electron chi connectivity index (χ4n) is 2.12. The van der Waals surface area contributed by atoms with E-state index < -0.39 is 23.9 Å². The van der Waals surface area contributed by atoms with Crippen LogP contribution in [0.2, 0.25) is 0 Å². The van der Waals surface area contributed by atoms with E-state index in [1.807, 2.05) is 0 Å². The van der Waals surface area contributed by atoms with Gasteiger partial charge in [0.15, 0.2) is 6.17 Å². The van der Waals surface area contributed by atoms with Crippen LogP contribution in [0.5, 0.6) is 0 Å². The number of carbonyl (C=O) groups is 3. The Hall–Kier alpha value is -1.47. The van der Waals surface area contributed by atoms with Gasteiger partial charge in [0.1, 0.15) is 0 Å². The van der Waals surface area contributed by atoms with E-state index in [4.69, 9.17) is 4.74 Å². The predicted octanol–water partition coefficient (Wildman–Crippen LogP) is -1.12. The molecule has 2 aliphatic heterocycles. The molecule has 0 aromatic carbocycles. The molecule has 94 valence electrons. The van der Waals surface area contributed by atoms with Crippen LogP contribution in [-0.4, -0.2) is 65.2 Å². The second kappa shape index (κ2) is 4.80. The van der Waals surface area contributed by atoms with Crippen molar-refractivity contribution in [1.29, 1.82) is 0 Å². The molecule has 7 heteroatoms. The number of carbonyl (C=O) groups excluding carboxylic acids is 2. The summed E-state index contributed by atoms with van der Waals surface area (Å²) >= 11 is 0. The fraction of sp³-hybridized carbons (Fsp3) is 0.700. The van der Waals surface area contributed by atoms with Crippen LogP contribution in [0.3, 0.4) is 0 Å². The van der Waals surface area contributed by atoms with E-state index >= 15 is 0 Å². The molecular formula is C10H14N2O5. The van der Waals surface area contributed by atoms with Crippen LogP contribution in [0, 0.1) is 0 Å². The molecule has 2 aliphatic rings. The Balaban J connectivity index is 2.18. The molecule has 2 heterocycles. The summed E-state index contributed by atoms with van der Waals surface area (Å²) in [6.45, 7) is 1.65.